The number of anilines is 2. The molecular weight excluding hydrogens is 474 g/mol. The molecule has 0 aliphatic heterocycles. The number of carboxylic acid groups (broad SMARTS) is 1. The highest BCUT2D eigenvalue weighted by molar-refractivity contribution is 5.92. The second-order valence-electron chi connectivity index (χ2n) is 7.38. The number of halogens is 2. The summed E-state index contributed by atoms with van der Waals surface area (Å²) in [6.45, 7) is 1.34. The Kier molecular flexibility index (Phi) is 7.52. The quantitative estimate of drug-likeness (QED) is 0.315. The van der Waals surface area contributed by atoms with Crippen LogP contribution in [0.5, 0.6) is 0 Å². The van der Waals surface area contributed by atoms with E-state index in [9.17, 15) is 18.4 Å². The molecule has 2 aromatic carbocycles. The number of aliphatic carboxylic acids is 1. The molecule has 4 aromatic rings. The molecule has 1 unspecified atom stereocenters. The van der Waals surface area contributed by atoms with Crippen molar-refractivity contribution in [3.63, 3.8) is 0 Å². The summed E-state index contributed by atoms with van der Waals surface area (Å²) in [7, 11) is 0. The van der Waals surface area contributed by atoms with Gasteiger partial charge in [-0.05, 0) is 53.2 Å². The number of nitrogen functional groups attached to an aromatic ring is 1. The topological polar surface area (TPSA) is 161 Å². The molecular formula is C23H22F2N8O3. The minimum atomic E-state index is -1.16. The first-order valence-corrected chi connectivity index (χ1v) is 10.1. The summed E-state index contributed by atoms with van der Waals surface area (Å²) in [5, 5.41) is 24.9. The summed E-state index contributed by atoms with van der Waals surface area (Å²) in [4.78, 5) is 26.9. The number of carbonyl (C=O) groups is 2. The Bertz CT molecular complexity index is 1410. The zero-order chi connectivity index (χ0) is 25.1. The van der Waals surface area contributed by atoms with Crippen LogP contribution in [0.2, 0.25) is 0 Å². The third-order valence-electron chi connectivity index (χ3n) is 4.98. The molecule has 4 rings (SSSR count). The van der Waals surface area contributed by atoms with E-state index < -0.39 is 29.7 Å². The Morgan fingerprint density at radius 3 is 2.53 bits per heavy atom. The standard InChI is InChI=1S/C22H18F2N8O3.CH4/c1-11(21(33)34)27-22(35)28-14-7-5-12(6-8-14)13-9-15(19(25)26-10-13)20-29-30-31-32(20)17-4-2-3-16(23)18(17)24;/h2-11H,1H3,(H2,25,26)(H,33,34)(H2,27,28,35);1H4. The summed E-state index contributed by atoms with van der Waals surface area (Å²) in [6, 6.07) is 10.2. The van der Waals surface area contributed by atoms with Gasteiger partial charge in [-0.15, -0.1) is 5.10 Å². The van der Waals surface area contributed by atoms with Crippen molar-refractivity contribution in [1.82, 2.24) is 30.5 Å². The number of aromatic nitrogens is 5. The molecule has 0 saturated heterocycles. The molecule has 0 saturated carbocycles. The van der Waals surface area contributed by atoms with E-state index in [-0.39, 0.29) is 24.8 Å². The minimum absolute atomic E-state index is 0. The second kappa shape index (κ2) is 10.5. The molecule has 0 spiro atoms. The van der Waals surface area contributed by atoms with E-state index in [4.69, 9.17) is 10.8 Å². The number of carboxylic acids is 1. The summed E-state index contributed by atoms with van der Waals surface area (Å²) in [5.74, 6) is -3.20. The number of nitrogens with one attached hydrogen (secondary N) is 2. The molecule has 0 aliphatic rings. The van der Waals surface area contributed by atoms with Gasteiger partial charge in [-0.25, -0.2) is 18.6 Å². The SMILES string of the molecule is C.CC(NC(=O)Nc1ccc(-c2cnc(N)c(-c3nnnn3-c3cccc(F)c3F)c2)cc1)C(=O)O. The number of nitrogens with zero attached hydrogens (tertiary/aromatic N) is 5. The molecule has 0 fully saturated rings. The van der Waals surface area contributed by atoms with E-state index >= 15 is 0 Å². The van der Waals surface area contributed by atoms with E-state index in [0.29, 0.717) is 22.4 Å². The zero-order valence-electron chi connectivity index (χ0n) is 18.1. The molecule has 1 atom stereocenters. The van der Waals surface area contributed by atoms with Crippen molar-refractivity contribution in [3.8, 4) is 28.2 Å². The Balaban J connectivity index is 0.00000361. The zero-order valence-corrected chi connectivity index (χ0v) is 18.1. The van der Waals surface area contributed by atoms with Gasteiger partial charge in [0.15, 0.2) is 17.5 Å². The Hall–Kier alpha value is -4.94. The van der Waals surface area contributed by atoms with Gasteiger partial charge in [0.05, 0.1) is 5.56 Å². The Morgan fingerprint density at radius 1 is 1.11 bits per heavy atom. The average molecular weight is 496 g/mol. The molecule has 5 N–H and O–H groups in total. The third-order valence-corrected chi connectivity index (χ3v) is 4.98. The third kappa shape index (κ3) is 5.24. The number of hydrogen-bond donors (Lipinski definition) is 4. The van der Waals surface area contributed by atoms with Gasteiger partial charge in [-0.2, -0.15) is 4.68 Å². The maximum Gasteiger partial charge on any atom is 0.325 e. The van der Waals surface area contributed by atoms with E-state index in [0.717, 1.165) is 10.7 Å². The van der Waals surface area contributed by atoms with E-state index in [2.05, 4.69) is 31.1 Å². The number of tetrazole rings is 1. The maximum absolute atomic E-state index is 14.3. The van der Waals surface area contributed by atoms with Crippen molar-refractivity contribution in [2.24, 2.45) is 0 Å². The highest BCUT2D eigenvalue weighted by atomic mass is 19.2. The van der Waals surface area contributed by atoms with E-state index in [1.54, 1.807) is 30.3 Å². The lowest BCUT2D eigenvalue weighted by molar-refractivity contribution is -0.138. The second-order valence-corrected chi connectivity index (χ2v) is 7.38. The number of benzene rings is 2. The molecule has 36 heavy (non-hydrogen) atoms. The number of pyridine rings is 1. The molecule has 13 heteroatoms. The predicted octanol–water partition coefficient (Wildman–Crippen LogP) is 3.48. The predicted molar refractivity (Wildman–Crippen MR) is 128 cm³/mol. The fourth-order valence-electron chi connectivity index (χ4n) is 3.16. The number of carbonyl (C=O) groups excluding carboxylic acids is 1. The van der Waals surface area contributed by atoms with Crippen molar-refractivity contribution in [2.75, 3.05) is 11.1 Å². The van der Waals surface area contributed by atoms with Crippen molar-refractivity contribution in [3.05, 3.63) is 66.4 Å². The molecule has 0 bridgehead atoms. The number of nitrogens with two attached hydrogens (primary N) is 1. The van der Waals surface area contributed by atoms with Gasteiger partial charge in [-0.3, -0.25) is 4.79 Å². The molecule has 11 nitrogen and oxygen atoms in total. The molecule has 0 aliphatic carbocycles. The number of urea groups is 1. The summed E-state index contributed by atoms with van der Waals surface area (Å²) in [6.07, 6.45) is 1.51. The van der Waals surface area contributed by atoms with Crippen LogP contribution in [-0.4, -0.2) is 48.3 Å². The lowest BCUT2D eigenvalue weighted by atomic mass is 10.0. The van der Waals surface area contributed by atoms with Crippen molar-refractivity contribution in [1.29, 1.82) is 0 Å². The highest BCUT2D eigenvalue weighted by Gasteiger charge is 2.19. The fraction of sp³-hybridized carbons (Fsp3) is 0.130. The van der Waals surface area contributed by atoms with Gasteiger partial charge in [0.1, 0.15) is 17.5 Å². The average Bonchev–Trinajstić information content (AvgIpc) is 3.31. The number of rotatable bonds is 6. The summed E-state index contributed by atoms with van der Waals surface area (Å²) >= 11 is 0. The van der Waals surface area contributed by atoms with Crippen LogP contribution in [0.25, 0.3) is 28.2 Å². The van der Waals surface area contributed by atoms with Crippen molar-refractivity contribution in [2.45, 2.75) is 20.4 Å². The first-order valence-electron chi connectivity index (χ1n) is 10.1. The maximum atomic E-state index is 14.3. The van der Waals surface area contributed by atoms with Crippen LogP contribution >= 0.6 is 0 Å². The fourth-order valence-corrected chi connectivity index (χ4v) is 3.16. The van der Waals surface area contributed by atoms with Crippen molar-refractivity contribution >= 4 is 23.5 Å². The van der Waals surface area contributed by atoms with Gasteiger partial charge < -0.3 is 21.5 Å². The van der Waals surface area contributed by atoms with E-state index in [1.807, 2.05) is 0 Å². The summed E-state index contributed by atoms with van der Waals surface area (Å²) < 4.78 is 29.1. The summed E-state index contributed by atoms with van der Waals surface area (Å²) in [5.41, 5.74) is 7.86. The van der Waals surface area contributed by atoms with Crippen LogP contribution < -0.4 is 16.4 Å². The Morgan fingerprint density at radius 2 is 1.83 bits per heavy atom. The highest BCUT2D eigenvalue weighted by Crippen LogP contribution is 2.30. The molecule has 2 amide bonds. The van der Waals surface area contributed by atoms with Gasteiger partial charge in [-0.1, -0.05) is 25.6 Å². The first-order chi connectivity index (χ1) is 16.7. The number of hydrogen-bond acceptors (Lipinski definition) is 7. The molecule has 2 aromatic heterocycles. The Labute approximate surface area is 204 Å². The van der Waals surface area contributed by atoms with Gasteiger partial charge in [0.25, 0.3) is 0 Å². The minimum Gasteiger partial charge on any atom is -0.480 e. The molecule has 2 heterocycles. The van der Waals surface area contributed by atoms with Gasteiger partial charge in [0.2, 0.25) is 0 Å². The monoisotopic (exact) mass is 496 g/mol. The molecule has 0 radical (unpaired) electrons. The van der Waals surface area contributed by atoms with Crippen LogP contribution in [-0.2, 0) is 4.79 Å². The van der Waals surface area contributed by atoms with Crippen LogP contribution in [0.1, 0.15) is 14.4 Å². The van der Waals surface area contributed by atoms with Crippen LogP contribution in [0.4, 0.5) is 25.1 Å². The van der Waals surface area contributed by atoms with Crippen LogP contribution in [0, 0.1) is 11.6 Å². The number of amides is 2. The van der Waals surface area contributed by atoms with Gasteiger partial charge >= 0.3 is 12.0 Å². The van der Waals surface area contributed by atoms with E-state index in [1.165, 1.54) is 25.3 Å². The smallest absolute Gasteiger partial charge is 0.325 e. The van der Waals surface area contributed by atoms with Crippen LogP contribution in [0.3, 0.4) is 0 Å². The first kappa shape index (κ1) is 25.7. The lowest BCUT2D eigenvalue weighted by Crippen LogP contribution is -2.40. The largest absolute Gasteiger partial charge is 0.480 e. The van der Waals surface area contributed by atoms with Gasteiger partial charge in [0, 0.05) is 17.4 Å². The normalized spacial score (nSPS) is 11.3. The van der Waals surface area contributed by atoms with Crippen molar-refractivity contribution < 1.29 is 23.5 Å². The van der Waals surface area contributed by atoms with Crippen LogP contribution in [0.15, 0.2) is 54.7 Å². The lowest BCUT2D eigenvalue weighted by Gasteiger charge is -2.12. The molecule has 186 valence electrons.